The minimum atomic E-state index is -0.540. The summed E-state index contributed by atoms with van der Waals surface area (Å²) < 4.78 is 18.1. The van der Waals surface area contributed by atoms with Crippen LogP contribution in [0.5, 0.6) is 5.75 Å². The van der Waals surface area contributed by atoms with Crippen LogP contribution in [0.25, 0.3) is 0 Å². The number of hydrogen-bond donors (Lipinski definition) is 2. The molecule has 2 aromatic rings. The summed E-state index contributed by atoms with van der Waals surface area (Å²) in [6.45, 7) is 0. The standard InChI is InChI=1S/C14H12ClFN2O2/c1-20-12-7-8(5-6-10(12)16)14(19)18-13-9(15)3-2-4-11(13)17/h2-7H,17H2,1H3,(H,18,19). The van der Waals surface area contributed by atoms with Gasteiger partial charge in [-0.2, -0.15) is 0 Å². The zero-order valence-electron chi connectivity index (χ0n) is 10.6. The Morgan fingerprint density at radius 3 is 2.75 bits per heavy atom. The van der Waals surface area contributed by atoms with E-state index in [0.717, 1.165) is 6.07 Å². The first-order valence-electron chi connectivity index (χ1n) is 5.72. The van der Waals surface area contributed by atoms with Crippen molar-refractivity contribution in [2.75, 3.05) is 18.2 Å². The second kappa shape index (κ2) is 5.79. The van der Waals surface area contributed by atoms with E-state index < -0.39 is 11.7 Å². The number of hydrogen-bond acceptors (Lipinski definition) is 3. The first kappa shape index (κ1) is 14.1. The zero-order valence-corrected chi connectivity index (χ0v) is 11.4. The minimum Gasteiger partial charge on any atom is -0.494 e. The third-order valence-corrected chi connectivity index (χ3v) is 3.01. The lowest BCUT2D eigenvalue weighted by Gasteiger charge is -2.10. The monoisotopic (exact) mass is 294 g/mol. The summed E-state index contributed by atoms with van der Waals surface area (Å²) in [6, 6.07) is 8.71. The average molecular weight is 295 g/mol. The molecular weight excluding hydrogens is 283 g/mol. The summed E-state index contributed by atoms with van der Waals surface area (Å²) in [5.41, 5.74) is 6.65. The Morgan fingerprint density at radius 1 is 1.35 bits per heavy atom. The Bertz CT molecular complexity index is 641. The van der Waals surface area contributed by atoms with E-state index >= 15 is 0 Å². The molecular formula is C14H12ClFN2O2. The van der Waals surface area contributed by atoms with Gasteiger partial charge in [-0.05, 0) is 30.3 Å². The van der Waals surface area contributed by atoms with Crippen LogP contribution < -0.4 is 15.8 Å². The van der Waals surface area contributed by atoms with Crippen LogP contribution in [-0.4, -0.2) is 13.0 Å². The molecule has 0 saturated heterocycles. The third-order valence-electron chi connectivity index (χ3n) is 2.70. The van der Waals surface area contributed by atoms with Crippen LogP contribution in [0.4, 0.5) is 15.8 Å². The fraction of sp³-hybridized carbons (Fsp3) is 0.0714. The molecule has 3 N–H and O–H groups in total. The van der Waals surface area contributed by atoms with Crippen LogP contribution in [0.1, 0.15) is 10.4 Å². The molecule has 0 aliphatic heterocycles. The maximum absolute atomic E-state index is 13.3. The average Bonchev–Trinajstić information content (AvgIpc) is 2.43. The number of rotatable bonds is 3. The highest BCUT2D eigenvalue weighted by atomic mass is 35.5. The number of ether oxygens (including phenoxy) is 1. The van der Waals surface area contributed by atoms with Gasteiger partial charge in [0, 0.05) is 5.56 Å². The molecule has 2 rings (SSSR count). The van der Waals surface area contributed by atoms with E-state index in [1.807, 2.05) is 0 Å². The first-order chi connectivity index (χ1) is 9.52. The number of carbonyl (C=O) groups excluding carboxylic acids is 1. The molecule has 4 nitrogen and oxygen atoms in total. The van der Waals surface area contributed by atoms with Gasteiger partial charge in [0.05, 0.1) is 23.5 Å². The Balaban J connectivity index is 2.29. The maximum Gasteiger partial charge on any atom is 0.255 e. The molecule has 0 bridgehead atoms. The topological polar surface area (TPSA) is 64.3 Å². The van der Waals surface area contributed by atoms with Gasteiger partial charge in [0.1, 0.15) is 0 Å². The number of methoxy groups -OCH3 is 1. The van der Waals surface area contributed by atoms with E-state index in [9.17, 15) is 9.18 Å². The van der Waals surface area contributed by atoms with Crippen molar-refractivity contribution in [2.45, 2.75) is 0 Å². The Morgan fingerprint density at radius 2 is 2.10 bits per heavy atom. The number of amides is 1. The summed E-state index contributed by atoms with van der Waals surface area (Å²) in [7, 11) is 1.33. The number of nitrogens with one attached hydrogen (secondary N) is 1. The highest BCUT2D eigenvalue weighted by Crippen LogP contribution is 2.28. The van der Waals surface area contributed by atoms with Gasteiger partial charge in [0.15, 0.2) is 11.6 Å². The van der Waals surface area contributed by atoms with E-state index in [4.69, 9.17) is 22.1 Å². The van der Waals surface area contributed by atoms with Gasteiger partial charge >= 0.3 is 0 Å². The lowest BCUT2D eigenvalue weighted by Crippen LogP contribution is -2.14. The number of benzene rings is 2. The molecule has 6 heteroatoms. The minimum absolute atomic E-state index is 0.00946. The molecule has 0 heterocycles. The van der Waals surface area contributed by atoms with Crippen LogP contribution >= 0.6 is 11.6 Å². The van der Waals surface area contributed by atoms with E-state index in [0.29, 0.717) is 16.4 Å². The molecule has 0 aliphatic carbocycles. The summed E-state index contributed by atoms with van der Waals surface area (Å²) in [5, 5.41) is 2.92. The van der Waals surface area contributed by atoms with Crippen LogP contribution in [0.15, 0.2) is 36.4 Å². The molecule has 0 unspecified atom stereocenters. The fourth-order valence-electron chi connectivity index (χ4n) is 1.66. The molecule has 0 spiro atoms. The Hall–Kier alpha value is -2.27. The van der Waals surface area contributed by atoms with Crippen molar-refractivity contribution < 1.29 is 13.9 Å². The lowest BCUT2D eigenvalue weighted by atomic mass is 10.2. The summed E-state index contributed by atoms with van der Waals surface area (Å²) >= 11 is 5.97. The van der Waals surface area contributed by atoms with E-state index in [1.165, 1.54) is 19.2 Å². The highest BCUT2D eigenvalue weighted by molar-refractivity contribution is 6.34. The molecule has 0 aromatic heterocycles. The molecule has 0 aliphatic rings. The zero-order chi connectivity index (χ0) is 14.7. The SMILES string of the molecule is COc1cc(C(=O)Nc2c(N)cccc2Cl)ccc1F. The molecule has 104 valence electrons. The molecule has 0 saturated carbocycles. The van der Waals surface area contributed by atoms with Gasteiger partial charge < -0.3 is 15.8 Å². The number of halogens is 2. The number of para-hydroxylation sites is 1. The maximum atomic E-state index is 13.3. The predicted molar refractivity (Wildman–Crippen MR) is 76.8 cm³/mol. The molecule has 1 amide bonds. The molecule has 20 heavy (non-hydrogen) atoms. The number of nitrogens with two attached hydrogens (primary N) is 1. The lowest BCUT2D eigenvalue weighted by molar-refractivity contribution is 0.102. The van der Waals surface area contributed by atoms with Crippen molar-refractivity contribution in [3.05, 3.63) is 52.8 Å². The van der Waals surface area contributed by atoms with Gasteiger partial charge in [0.2, 0.25) is 0 Å². The van der Waals surface area contributed by atoms with Crippen LogP contribution in [0.2, 0.25) is 5.02 Å². The quantitative estimate of drug-likeness (QED) is 0.854. The number of carbonyl (C=O) groups is 1. The number of anilines is 2. The smallest absolute Gasteiger partial charge is 0.255 e. The van der Waals surface area contributed by atoms with Gasteiger partial charge in [0.25, 0.3) is 5.91 Å². The second-order valence-electron chi connectivity index (χ2n) is 4.01. The van der Waals surface area contributed by atoms with Crippen molar-refractivity contribution in [3.8, 4) is 5.75 Å². The van der Waals surface area contributed by atoms with E-state index in [1.54, 1.807) is 18.2 Å². The van der Waals surface area contributed by atoms with Crippen LogP contribution in [0, 0.1) is 5.82 Å². The molecule has 0 atom stereocenters. The summed E-state index contributed by atoms with van der Waals surface area (Å²) in [4.78, 5) is 12.1. The van der Waals surface area contributed by atoms with Crippen molar-refractivity contribution in [1.29, 1.82) is 0 Å². The third kappa shape index (κ3) is 2.83. The number of nitrogen functional groups attached to an aromatic ring is 1. The molecule has 0 radical (unpaired) electrons. The van der Waals surface area contributed by atoms with Gasteiger partial charge in [-0.25, -0.2) is 4.39 Å². The van der Waals surface area contributed by atoms with Crippen molar-refractivity contribution in [1.82, 2.24) is 0 Å². The largest absolute Gasteiger partial charge is 0.494 e. The van der Waals surface area contributed by atoms with Crippen molar-refractivity contribution >= 4 is 28.9 Å². The van der Waals surface area contributed by atoms with Crippen molar-refractivity contribution in [3.63, 3.8) is 0 Å². The van der Waals surface area contributed by atoms with E-state index in [-0.39, 0.29) is 11.3 Å². The van der Waals surface area contributed by atoms with Crippen LogP contribution in [0.3, 0.4) is 0 Å². The van der Waals surface area contributed by atoms with Crippen molar-refractivity contribution in [2.24, 2.45) is 0 Å². The highest BCUT2D eigenvalue weighted by Gasteiger charge is 2.13. The summed E-state index contributed by atoms with van der Waals surface area (Å²) in [5.74, 6) is -1.01. The Kier molecular flexibility index (Phi) is 4.10. The normalized spacial score (nSPS) is 10.2. The fourth-order valence-corrected chi connectivity index (χ4v) is 1.89. The van der Waals surface area contributed by atoms with Gasteiger partial charge in [-0.1, -0.05) is 17.7 Å². The second-order valence-corrected chi connectivity index (χ2v) is 4.41. The van der Waals surface area contributed by atoms with E-state index in [2.05, 4.69) is 5.32 Å². The molecule has 0 fully saturated rings. The Labute approximate surface area is 120 Å². The van der Waals surface area contributed by atoms with Gasteiger partial charge in [-0.15, -0.1) is 0 Å². The van der Waals surface area contributed by atoms with Crippen LogP contribution in [-0.2, 0) is 0 Å². The molecule has 2 aromatic carbocycles. The predicted octanol–water partition coefficient (Wildman–Crippen LogP) is 3.32. The first-order valence-corrected chi connectivity index (χ1v) is 6.09. The van der Waals surface area contributed by atoms with Gasteiger partial charge in [-0.3, -0.25) is 4.79 Å². The summed E-state index contributed by atoms with van der Waals surface area (Å²) in [6.07, 6.45) is 0.